The Morgan fingerprint density at radius 2 is 1.96 bits per heavy atom. The van der Waals surface area contributed by atoms with E-state index in [0.717, 1.165) is 68.4 Å². The Morgan fingerprint density at radius 1 is 1.16 bits per heavy atom. The third kappa shape index (κ3) is 5.36. The number of rotatable bonds is 4. The summed E-state index contributed by atoms with van der Waals surface area (Å²) in [5.41, 5.74) is -0.808. The molecule has 0 bridgehead atoms. The normalized spacial score (nSPS) is 25.6. The van der Waals surface area contributed by atoms with E-state index in [1.807, 2.05) is 11.8 Å². The smallest absolute Gasteiger partial charge is 0.317 e. The van der Waals surface area contributed by atoms with Gasteiger partial charge in [0.05, 0.1) is 12.1 Å². The molecule has 1 unspecified atom stereocenters. The molecular formula is C17H29N5O2S. The molecule has 0 aromatic carbocycles. The van der Waals surface area contributed by atoms with Crippen LogP contribution in [0.5, 0.6) is 0 Å². The van der Waals surface area contributed by atoms with Crippen LogP contribution in [0.15, 0.2) is 0 Å². The summed E-state index contributed by atoms with van der Waals surface area (Å²) in [4.78, 5) is 16.4. The second kappa shape index (κ2) is 8.42. The van der Waals surface area contributed by atoms with Crippen molar-refractivity contribution in [1.29, 1.82) is 0 Å². The van der Waals surface area contributed by atoms with Gasteiger partial charge in [0.2, 0.25) is 0 Å². The number of hydrogen-bond acceptors (Lipinski definition) is 6. The number of hydrogen-bond donors (Lipinski definition) is 2. The van der Waals surface area contributed by atoms with Gasteiger partial charge in [-0.2, -0.15) is 0 Å². The largest absolute Gasteiger partial charge is 0.388 e. The number of piperidine rings is 1. The van der Waals surface area contributed by atoms with Crippen LogP contribution >= 0.6 is 11.3 Å². The highest BCUT2D eigenvalue weighted by Gasteiger charge is 2.31. The molecule has 3 rings (SSSR count). The van der Waals surface area contributed by atoms with Gasteiger partial charge in [0.1, 0.15) is 10.0 Å². The molecule has 1 aromatic heterocycles. The first-order chi connectivity index (χ1) is 12.0. The van der Waals surface area contributed by atoms with E-state index in [1.54, 1.807) is 11.3 Å². The van der Waals surface area contributed by atoms with Gasteiger partial charge in [0.15, 0.2) is 0 Å². The highest BCUT2D eigenvalue weighted by atomic mass is 32.1. The van der Waals surface area contributed by atoms with Crippen molar-refractivity contribution in [2.75, 3.05) is 32.7 Å². The van der Waals surface area contributed by atoms with Crippen LogP contribution in [0.2, 0.25) is 0 Å². The third-order valence-electron chi connectivity index (χ3n) is 5.15. The molecule has 8 heteroatoms. The van der Waals surface area contributed by atoms with Crippen LogP contribution in [0.25, 0.3) is 0 Å². The van der Waals surface area contributed by atoms with Crippen LogP contribution in [0.1, 0.15) is 48.5 Å². The molecule has 2 aliphatic heterocycles. The first-order valence-corrected chi connectivity index (χ1v) is 10.1. The Morgan fingerprint density at radius 3 is 2.68 bits per heavy atom. The lowest BCUT2D eigenvalue weighted by Gasteiger charge is -2.31. The number of aryl methyl sites for hydroxylation is 1. The summed E-state index contributed by atoms with van der Waals surface area (Å²) in [5, 5.41) is 24.1. The van der Waals surface area contributed by atoms with E-state index >= 15 is 0 Å². The summed E-state index contributed by atoms with van der Waals surface area (Å²) in [6, 6.07) is -0.0291. The standard InChI is InChI=1S/C17H29N5O2S/c1-14-19-20-15(25-14)12-21-8-5-6-17(24,7-11-21)13-18-16(23)22-9-3-2-4-10-22/h24H,2-13H2,1H3,(H,18,23). The fourth-order valence-corrected chi connectivity index (χ4v) is 4.36. The predicted molar refractivity (Wildman–Crippen MR) is 97.5 cm³/mol. The highest BCUT2D eigenvalue weighted by Crippen LogP contribution is 2.23. The zero-order chi connectivity index (χ0) is 17.7. The van der Waals surface area contributed by atoms with Crippen molar-refractivity contribution >= 4 is 17.4 Å². The third-order valence-corrected chi connectivity index (χ3v) is 5.97. The van der Waals surface area contributed by atoms with Crippen LogP contribution in [-0.4, -0.2) is 69.5 Å². The van der Waals surface area contributed by atoms with Crippen molar-refractivity contribution < 1.29 is 9.90 Å². The fraction of sp³-hybridized carbons (Fsp3) is 0.824. The van der Waals surface area contributed by atoms with E-state index in [9.17, 15) is 9.90 Å². The molecule has 0 saturated carbocycles. The quantitative estimate of drug-likeness (QED) is 0.847. The summed E-state index contributed by atoms with van der Waals surface area (Å²) < 4.78 is 0. The van der Waals surface area contributed by atoms with Crippen molar-refractivity contribution in [3.8, 4) is 0 Å². The van der Waals surface area contributed by atoms with Gasteiger partial charge in [0.25, 0.3) is 0 Å². The van der Waals surface area contributed by atoms with Gasteiger partial charge in [-0.15, -0.1) is 21.5 Å². The van der Waals surface area contributed by atoms with Crippen LogP contribution in [-0.2, 0) is 6.54 Å². The number of urea groups is 1. The summed E-state index contributed by atoms with van der Waals surface area (Å²) in [7, 11) is 0. The van der Waals surface area contributed by atoms with Gasteiger partial charge in [-0.3, -0.25) is 4.90 Å². The molecule has 3 heterocycles. The zero-order valence-corrected chi connectivity index (χ0v) is 15.9. The number of aromatic nitrogens is 2. The second-order valence-corrected chi connectivity index (χ2v) is 8.54. The summed E-state index contributed by atoms with van der Waals surface area (Å²) in [6.07, 6.45) is 5.69. The minimum absolute atomic E-state index is 0.0291. The Labute approximate surface area is 153 Å². The number of carbonyl (C=O) groups excluding carboxylic acids is 1. The Kier molecular flexibility index (Phi) is 6.24. The van der Waals surface area contributed by atoms with Crippen LogP contribution in [0.3, 0.4) is 0 Å². The molecule has 2 saturated heterocycles. The topological polar surface area (TPSA) is 81.6 Å². The number of nitrogens with one attached hydrogen (secondary N) is 1. The SMILES string of the molecule is Cc1nnc(CN2CCCC(O)(CNC(=O)N3CCCCC3)CC2)s1. The molecule has 140 valence electrons. The van der Waals surface area contributed by atoms with Gasteiger partial charge in [-0.05, 0) is 52.0 Å². The van der Waals surface area contributed by atoms with Gasteiger partial charge < -0.3 is 15.3 Å². The number of carbonyl (C=O) groups is 1. The van der Waals surface area contributed by atoms with E-state index < -0.39 is 5.60 Å². The molecule has 7 nitrogen and oxygen atoms in total. The average Bonchev–Trinajstić information content (AvgIpc) is 2.93. The first-order valence-electron chi connectivity index (χ1n) is 9.31. The minimum atomic E-state index is -0.808. The molecule has 2 N–H and O–H groups in total. The predicted octanol–water partition coefficient (Wildman–Crippen LogP) is 1.76. The summed E-state index contributed by atoms with van der Waals surface area (Å²) in [6.45, 7) is 6.53. The van der Waals surface area contributed by atoms with Crippen molar-refractivity contribution in [3.05, 3.63) is 10.0 Å². The molecule has 25 heavy (non-hydrogen) atoms. The Bertz CT molecular complexity index is 575. The molecule has 2 amide bonds. The van der Waals surface area contributed by atoms with Gasteiger partial charge in [-0.25, -0.2) is 4.79 Å². The number of nitrogens with zero attached hydrogens (tertiary/aromatic N) is 4. The van der Waals surface area contributed by atoms with Crippen molar-refractivity contribution in [3.63, 3.8) is 0 Å². The molecule has 1 atom stereocenters. The number of aliphatic hydroxyl groups is 1. The Balaban J connectivity index is 1.46. The lowest BCUT2D eigenvalue weighted by molar-refractivity contribution is 0.0264. The van der Waals surface area contributed by atoms with Gasteiger partial charge in [0, 0.05) is 26.2 Å². The molecule has 2 fully saturated rings. The maximum atomic E-state index is 12.3. The van der Waals surface area contributed by atoms with E-state index in [1.165, 1.54) is 6.42 Å². The summed E-state index contributed by atoms with van der Waals surface area (Å²) in [5.74, 6) is 0. The van der Waals surface area contributed by atoms with Crippen molar-refractivity contribution in [2.24, 2.45) is 0 Å². The summed E-state index contributed by atoms with van der Waals surface area (Å²) >= 11 is 1.63. The van der Waals surface area contributed by atoms with Crippen LogP contribution in [0, 0.1) is 6.92 Å². The minimum Gasteiger partial charge on any atom is -0.388 e. The molecular weight excluding hydrogens is 338 g/mol. The van der Waals surface area contributed by atoms with E-state index in [4.69, 9.17) is 0 Å². The van der Waals surface area contributed by atoms with E-state index in [0.29, 0.717) is 13.0 Å². The zero-order valence-electron chi connectivity index (χ0n) is 15.0. The monoisotopic (exact) mass is 367 g/mol. The second-order valence-electron chi connectivity index (χ2n) is 7.28. The molecule has 0 spiro atoms. The molecule has 1 aromatic rings. The van der Waals surface area contributed by atoms with Crippen molar-refractivity contribution in [2.45, 2.75) is 57.6 Å². The maximum absolute atomic E-state index is 12.3. The average molecular weight is 368 g/mol. The van der Waals surface area contributed by atoms with Crippen LogP contribution < -0.4 is 5.32 Å². The number of amides is 2. The van der Waals surface area contributed by atoms with Crippen molar-refractivity contribution in [1.82, 2.24) is 25.3 Å². The molecule has 0 radical (unpaired) electrons. The van der Waals surface area contributed by atoms with Crippen LogP contribution in [0.4, 0.5) is 4.79 Å². The highest BCUT2D eigenvalue weighted by molar-refractivity contribution is 7.11. The fourth-order valence-electron chi connectivity index (χ4n) is 3.61. The molecule has 0 aliphatic carbocycles. The lowest BCUT2D eigenvalue weighted by atomic mass is 9.95. The lowest BCUT2D eigenvalue weighted by Crippen LogP contribution is -2.49. The molecule has 2 aliphatic rings. The first kappa shape index (κ1) is 18.5. The Hall–Kier alpha value is -1.25. The van der Waals surface area contributed by atoms with E-state index in [-0.39, 0.29) is 6.03 Å². The maximum Gasteiger partial charge on any atom is 0.317 e. The van der Waals surface area contributed by atoms with Gasteiger partial charge >= 0.3 is 6.03 Å². The number of likely N-dealkylation sites (tertiary alicyclic amines) is 2. The van der Waals surface area contributed by atoms with Gasteiger partial charge in [-0.1, -0.05) is 0 Å². The van der Waals surface area contributed by atoms with E-state index in [2.05, 4.69) is 20.4 Å².